The minimum atomic E-state index is -1.79. The maximum atomic E-state index is 12.0. The maximum Gasteiger partial charge on any atom is 0.346 e. The Morgan fingerprint density at radius 1 is 0.677 bits per heavy atom. The fraction of sp³-hybridized carbons (Fsp3) is 0.500. The van der Waals surface area contributed by atoms with Crippen molar-refractivity contribution in [3.63, 3.8) is 0 Å². The number of thioether (sulfide) groups is 1. The number of aromatic nitrogens is 8. The third-order valence-corrected chi connectivity index (χ3v) is 13.1. The fourth-order valence-electron chi connectivity index (χ4n) is 8.27. The molecule has 0 amide bonds. The van der Waals surface area contributed by atoms with Crippen LogP contribution in [0.3, 0.4) is 0 Å². The number of aryl methyl sites for hydroxylation is 1. The van der Waals surface area contributed by atoms with Crippen LogP contribution < -0.4 is 10.4 Å². The molecule has 0 saturated carbocycles. The van der Waals surface area contributed by atoms with Gasteiger partial charge in [0.25, 0.3) is 0 Å². The van der Waals surface area contributed by atoms with Crippen molar-refractivity contribution in [2.45, 2.75) is 127 Å². The van der Waals surface area contributed by atoms with E-state index in [0.29, 0.717) is 22.3 Å². The van der Waals surface area contributed by atoms with Crippen molar-refractivity contribution in [3.05, 3.63) is 103 Å². The van der Waals surface area contributed by atoms with E-state index in [9.17, 15) is 9.57 Å². The van der Waals surface area contributed by atoms with Crippen molar-refractivity contribution in [2.75, 3.05) is 12.9 Å². The second-order valence-electron chi connectivity index (χ2n) is 17.8. The van der Waals surface area contributed by atoms with Crippen molar-refractivity contribution in [1.29, 1.82) is 0 Å². The van der Waals surface area contributed by atoms with Crippen molar-refractivity contribution < 1.29 is 38.0 Å². The lowest BCUT2D eigenvalue weighted by molar-refractivity contribution is -0.191. The minimum absolute atomic E-state index is 0.0229. The van der Waals surface area contributed by atoms with Crippen LogP contribution in [-0.4, -0.2) is 114 Å². The van der Waals surface area contributed by atoms with Gasteiger partial charge in [0.05, 0.1) is 48.9 Å². The van der Waals surface area contributed by atoms with Crippen LogP contribution in [0.1, 0.15) is 84.3 Å². The molecular formula is C44H54N8O8SSi. The standard InChI is InChI=1S/C18H26N4O3.C14H18N4O4S.C12H10OSi/c1-10-19-9-13-20-8-11(22(13)21-10)14-16-15(24-18(5,6)25-16)12(23-14)7-17(2,3)4;1-14(2)21-11-8(6-19)20-10(12(11)22-14)7-4-15-9-5-16-13(23-3)17-18(7)9;13-14(11-7-3-1-4-8-11)12-9-5-2-6-10-12/h8-9,12,14-16H,7H2,1-6H3;4-5,8,10-12,19H,6H2,1-3H3;1-10H/t12-,14+,15-,16+;8-,10+,11-,12+;/m11./s1. The van der Waals surface area contributed by atoms with Gasteiger partial charge in [0.2, 0.25) is 5.16 Å². The van der Waals surface area contributed by atoms with Crippen molar-refractivity contribution >= 4 is 42.1 Å². The zero-order chi connectivity index (χ0) is 44.0. The maximum absolute atomic E-state index is 12.0. The van der Waals surface area contributed by atoms with Crippen LogP contribution >= 0.6 is 11.8 Å². The van der Waals surface area contributed by atoms with Crippen molar-refractivity contribution in [2.24, 2.45) is 5.41 Å². The van der Waals surface area contributed by atoms with Gasteiger partial charge in [-0.1, -0.05) is 93.2 Å². The Balaban J connectivity index is 0.000000133. The molecule has 4 aliphatic rings. The predicted molar refractivity (Wildman–Crippen MR) is 231 cm³/mol. The molecule has 4 saturated heterocycles. The van der Waals surface area contributed by atoms with E-state index in [4.69, 9.17) is 28.4 Å². The van der Waals surface area contributed by atoms with Gasteiger partial charge in [-0.25, -0.2) is 29.0 Å². The lowest BCUT2D eigenvalue weighted by Crippen LogP contribution is -2.33. The highest BCUT2D eigenvalue weighted by atomic mass is 32.2. The molecule has 1 N–H and O–H groups in total. The summed E-state index contributed by atoms with van der Waals surface area (Å²) in [7, 11) is -1.79. The molecule has 2 aromatic carbocycles. The van der Waals surface area contributed by atoms with Gasteiger partial charge in [0, 0.05) is 10.4 Å². The Labute approximate surface area is 366 Å². The molecule has 0 radical (unpaired) electrons. The van der Waals surface area contributed by atoms with E-state index in [1.54, 1.807) is 33.8 Å². The number of hydrogen-bond acceptors (Lipinski definition) is 15. The van der Waals surface area contributed by atoms with Gasteiger partial charge in [0.1, 0.15) is 48.6 Å². The normalized spacial score (nSPS) is 27.0. The van der Waals surface area contributed by atoms with Crippen LogP contribution in [0.25, 0.3) is 11.3 Å². The molecule has 0 aliphatic carbocycles. The predicted octanol–water partition coefficient (Wildman–Crippen LogP) is 4.85. The lowest BCUT2D eigenvalue weighted by atomic mass is 9.87. The fourth-order valence-corrected chi connectivity index (χ4v) is 9.92. The largest absolute Gasteiger partial charge is 0.394 e. The molecule has 62 heavy (non-hydrogen) atoms. The van der Waals surface area contributed by atoms with Gasteiger partial charge in [0.15, 0.2) is 22.9 Å². The molecule has 328 valence electrons. The molecule has 6 aromatic rings. The minimum Gasteiger partial charge on any atom is -0.394 e. The Hall–Kier alpha value is -4.37. The smallest absolute Gasteiger partial charge is 0.346 e. The van der Waals surface area contributed by atoms with E-state index in [1.165, 1.54) is 11.8 Å². The Morgan fingerprint density at radius 3 is 1.65 bits per heavy atom. The zero-order valence-corrected chi connectivity index (χ0v) is 38.2. The quantitative estimate of drug-likeness (QED) is 0.170. The Kier molecular flexibility index (Phi) is 12.6. The summed E-state index contributed by atoms with van der Waals surface area (Å²) in [5.41, 5.74) is 3.14. The zero-order valence-electron chi connectivity index (χ0n) is 36.4. The molecule has 4 aliphatic heterocycles. The summed E-state index contributed by atoms with van der Waals surface area (Å²) >= 11 is 1.45. The Bertz CT molecular complexity index is 2460. The third-order valence-electron chi connectivity index (χ3n) is 10.8. The molecule has 8 heterocycles. The van der Waals surface area contributed by atoms with Crippen molar-refractivity contribution in [1.82, 2.24) is 39.2 Å². The van der Waals surface area contributed by atoms with Crippen LogP contribution in [-0.2, 0) is 32.9 Å². The number of nitrogens with zero attached hydrogens (tertiary/aromatic N) is 8. The first kappa shape index (κ1) is 44.2. The van der Waals surface area contributed by atoms with Gasteiger partial charge >= 0.3 is 8.68 Å². The Morgan fingerprint density at radius 2 is 1.15 bits per heavy atom. The second-order valence-corrected chi connectivity index (χ2v) is 20.4. The van der Waals surface area contributed by atoms with Gasteiger partial charge in [-0.15, -0.1) is 5.10 Å². The molecular weight excluding hydrogens is 829 g/mol. The number of imidazole rings is 2. The summed E-state index contributed by atoms with van der Waals surface area (Å²) in [5, 5.41) is 21.0. The number of fused-ring (bicyclic) bond motifs is 4. The summed E-state index contributed by atoms with van der Waals surface area (Å²) in [6.07, 6.45) is 7.73. The van der Waals surface area contributed by atoms with Gasteiger partial charge < -0.3 is 38.0 Å². The molecule has 0 spiro atoms. The summed E-state index contributed by atoms with van der Waals surface area (Å²) in [5.74, 6) is -0.625. The number of aliphatic hydroxyl groups is 1. The summed E-state index contributed by atoms with van der Waals surface area (Å²) in [6.45, 7) is 16.0. The molecule has 4 fully saturated rings. The van der Waals surface area contributed by atoms with Crippen LogP contribution in [0.4, 0.5) is 0 Å². The van der Waals surface area contributed by atoms with Gasteiger partial charge in [-0.05, 0) is 52.7 Å². The SMILES string of the molecule is CSc1ncc2ncc([C@@H]3O[C@H](CO)[C@H]4OC(C)(C)O[C@H]43)n2n1.Cc1ncc2ncc([C@@H]3O[C@H](CC(C)(C)C)[C@H]4OC(C)(C)O[C@H]43)n2n1.O=[Si](c1ccccc1)c1ccccc1. The first-order chi connectivity index (χ1) is 29.5. The van der Waals surface area contributed by atoms with E-state index < -0.39 is 32.5 Å². The highest BCUT2D eigenvalue weighted by Crippen LogP contribution is 2.48. The van der Waals surface area contributed by atoms with Crippen LogP contribution in [0.5, 0.6) is 0 Å². The van der Waals surface area contributed by atoms with Crippen LogP contribution in [0.15, 0.2) is 90.6 Å². The molecule has 0 unspecified atom stereocenters. The topological polar surface area (TPSA) is 179 Å². The van der Waals surface area contributed by atoms with Gasteiger partial charge in [-0.2, -0.15) is 5.10 Å². The molecule has 10 rings (SSSR count). The third kappa shape index (κ3) is 9.44. The molecule has 16 nitrogen and oxygen atoms in total. The van der Waals surface area contributed by atoms with Crippen molar-refractivity contribution in [3.8, 4) is 0 Å². The summed E-state index contributed by atoms with van der Waals surface area (Å²) < 4.78 is 52.2. The molecule has 4 aromatic heterocycles. The highest BCUT2D eigenvalue weighted by molar-refractivity contribution is 7.98. The van der Waals surface area contributed by atoms with Crippen LogP contribution in [0.2, 0.25) is 0 Å². The number of rotatable bonds is 7. The van der Waals surface area contributed by atoms with Gasteiger partial charge in [-0.3, -0.25) is 0 Å². The van der Waals surface area contributed by atoms with E-state index in [2.05, 4.69) is 50.9 Å². The number of benzene rings is 2. The summed E-state index contributed by atoms with van der Waals surface area (Å²) in [4.78, 5) is 17.2. The highest BCUT2D eigenvalue weighted by Gasteiger charge is 2.57. The first-order valence-corrected chi connectivity index (χ1v) is 23.4. The van der Waals surface area contributed by atoms with E-state index in [0.717, 1.165) is 28.2 Å². The number of aliphatic hydroxyl groups excluding tert-OH is 1. The molecule has 18 heteroatoms. The van der Waals surface area contributed by atoms with E-state index >= 15 is 0 Å². The number of ether oxygens (including phenoxy) is 6. The van der Waals surface area contributed by atoms with E-state index in [-0.39, 0.29) is 48.6 Å². The second kappa shape index (κ2) is 17.7. The monoisotopic (exact) mass is 882 g/mol. The summed E-state index contributed by atoms with van der Waals surface area (Å²) in [6, 6.07) is 19.2. The van der Waals surface area contributed by atoms with Crippen LogP contribution in [0, 0.1) is 12.3 Å². The lowest BCUT2D eigenvalue weighted by Gasteiger charge is -2.28. The molecule has 0 bridgehead atoms. The van der Waals surface area contributed by atoms with E-state index in [1.807, 2.05) is 102 Å². The first-order valence-electron chi connectivity index (χ1n) is 20.7. The number of hydrogen-bond donors (Lipinski definition) is 1. The average molecular weight is 883 g/mol. The average Bonchev–Trinajstić information content (AvgIpc) is 4.09. The molecule has 8 atom stereocenters.